The zero-order chi connectivity index (χ0) is 40.6. The summed E-state index contributed by atoms with van der Waals surface area (Å²) in [6, 6.07) is 62.0. The monoisotopic (exact) mass is 786 g/mol. The molecule has 2 aliphatic carbocycles. The fourth-order valence-corrected chi connectivity index (χ4v) is 11.6. The first-order chi connectivity index (χ1) is 29.4. The molecule has 3 heteroatoms. The van der Waals surface area contributed by atoms with E-state index in [1.807, 2.05) is 17.4 Å². The number of hydrogen-bond acceptors (Lipinski definition) is 3. The predicted molar refractivity (Wildman–Crippen MR) is 253 cm³/mol. The summed E-state index contributed by atoms with van der Waals surface area (Å²) in [6.45, 7) is 10.9. The van der Waals surface area contributed by atoms with Gasteiger partial charge in [-0.05, 0) is 74.7 Å². The molecule has 0 aliphatic heterocycles. The van der Waals surface area contributed by atoms with Gasteiger partial charge in [0.15, 0.2) is 5.82 Å². The lowest BCUT2D eigenvalue weighted by molar-refractivity contribution is 0.654. The molecule has 0 radical (unpaired) electrons. The standard InChI is InChI=1S/C57H42N2S/c1-5-6-31-46-36(2)52-43(28-19-33-48(52)56(46,3)4)49-35-50(44-29-18-27-42-40-25-14-16-34-51(40)60-54(42)44)59-55(58-49)45-30-17-26-41-39-24-13-15-32-47(39)57(53(41)45,37-20-9-7-10-21-37)38-22-11-8-12-23-38/h5-35H,1H2,2-4H3/b31-6-. The van der Waals surface area contributed by atoms with Crippen molar-refractivity contribution in [3.63, 3.8) is 0 Å². The lowest BCUT2D eigenvalue weighted by Gasteiger charge is -2.35. The highest BCUT2D eigenvalue weighted by atomic mass is 32.1. The molecule has 2 heterocycles. The summed E-state index contributed by atoms with van der Waals surface area (Å²) in [4.78, 5) is 11.4. The normalized spacial score (nSPS) is 14.8. The van der Waals surface area contributed by atoms with Crippen LogP contribution in [0.15, 0.2) is 200 Å². The highest BCUT2D eigenvalue weighted by molar-refractivity contribution is 7.26. The van der Waals surface area contributed by atoms with Crippen LogP contribution in [0, 0.1) is 0 Å². The first-order valence-corrected chi connectivity index (χ1v) is 21.5. The van der Waals surface area contributed by atoms with Crippen molar-refractivity contribution in [1.82, 2.24) is 9.97 Å². The molecule has 0 saturated carbocycles. The van der Waals surface area contributed by atoms with Crippen molar-refractivity contribution >= 4 is 37.1 Å². The highest BCUT2D eigenvalue weighted by Crippen LogP contribution is 2.59. The molecule has 11 rings (SSSR count). The van der Waals surface area contributed by atoms with Crippen LogP contribution in [-0.4, -0.2) is 9.97 Å². The second-order valence-corrected chi connectivity index (χ2v) is 17.5. The SMILES string of the molecule is C=C/C=C\C1=C(C)c2c(-c3cc(-c4cccc5c4sc4ccccc45)nc(-c4cccc5c4C(c4ccccc4)(c4ccccc4)c4ccccc4-5)n3)cccc2C1(C)C. The second kappa shape index (κ2) is 13.8. The highest BCUT2D eigenvalue weighted by Gasteiger charge is 2.48. The maximum Gasteiger partial charge on any atom is 0.160 e. The number of nitrogens with zero attached hydrogens (tertiary/aromatic N) is 2. The lowest BCUT2D eigenvalue weighted by Crippen LogP contribution is -2.29. The van der Waals surface area contributed by atoms with E-state index >= 15 is 0 Å². The minimum atomic E-state index is -0.611. The van der Waals surface area contributed by atoms with Crippen molar-refractivity contribution in [2.24, 2.45) is 0 Å². The van der Waals surface area contributed by atoms with Crippen LogP contribution in [-0.2, 0) is 10.8 Å². The molecule has 0 N–H and O–H groups in total. The number of hydrogen-bond donors (Lipinski definition) is 0. The number of allylic oxidation sites excluding steroid dienone is 5. The van der Waals surface area contributed by atoms with Crippen LogP contribution in [0.5, 0.6) is 0 Å². The molecular weight excluding hydrogens is 745 g/mol. The third-order valence-corrected chi connectivity index (χ3v) is 14.2. The third kappa shape index (κ3) is 5.19. The van der Waals surface area contributed by atoms with Crippen LogP contribution >= 0.6 is 11.3 Å². The number of fused-ring (bicyclic) bond motifs is 7. The van der Waals surface area contributed by atoms with Gasteiger partial charge in [0.05, 0.1) is 16.8 Å². The maximum atomic E-state index is 5.70. The second-order valence-electron chi connectivity index (χ2n) is 16.5. The van der Waals surface area contributed by atoms with Gasteiger partial charge in [-0.25, -0.2) is 9.97 Å². The Kier molecular flexibility index (Phi) is 8.34. The average molecular weight is 787 g/mol. The molecule has 286 valence electrons. The Morgan fingerprint density at radius 1 is 0.550 bits per heavy atom. The molecule has 0 saturated heterocycles. The summed E-state index contributed by atoms with van der Waals surface area (Å²) in [7, 11) is 0. The average Bonchev–Trinajstić information content (AvgIpc) is 3.89. The Morgan fingerprint density at radius 2 is 1.12 bits per heavy atom. The fraction of sp³-hybridized carbons (Fsp3) is 0.0877. The van der Waals surface area contributed by atoms with E-state index in [1.54, 1.807) is 0 Å². The van der Waals surface area contributed by atoms with E-state index in [0.29, 0.717) is 5.82 Å². The zero-order valence-electron chi connectivity index (χ0n) is 33.9. The van der Waals surface area contributed by atoms with Gasteiger partial charge >= 0.3 is 0 Å². The van der Waals surface area contributed by atoms with Gasteiger partial charge in [0.2, 0.25) is 0 Å². The molecule has 2 nitrogen and oxygen atoms in total. The Hall–Kier alpha value is -6.94. The van der Waals surface area contributed by atoms with Gasteiger partial charge in [0.1, 0.15) is 0 Å². The Bertz CT molecular complexity index is 3220. The van der Waals surface area contributed by atoms with Crippen molar-refractivity contribution in [2.45, 2.75) is 31.6 Å². The fourth-order valence-electron chi connectivity index (χ4n) is 10.4. The number of benzene rings is 7. The van der Waals surface area contributed by atoms with Crippen molar-refractivity contribution in [1.29, 1.82) is 0 Å². The van der Waals surface area contributed by atoms with E-state index in [-0.39, 0.29) is 5.41 Å². The molecule has 0 atom stereocenters. The van der Waals surface area contributed by atoms with Crippen LogP contribution < -0.4 is 0 Å². The summed E-state index contributed by atoms with van der Waals surface area (Å²) in [5.41, 5.74) is 16.7. The minimum absolute atomic E-state index is 0.187. The topological polar surface area (TPSA) is 25.8 Å². The molecular formula is C57H42N2S. The van der Waals surface area contributed by atoms with Crippen molar-refractivity contribution in [2.75, 3.05) is 0 Å². The van der Waals surface area contributed by atoms with Gasteiger partial charge in [-0.15, -0.1) is 11.3 Å². The third-order valence-electron chi connectivity index (χ3n) is 13.0. The van der Waals surface area contributed by atoms with Crippen molar-refractivity contribution < 1.29 is 0 Å². The molecule has 0 amide bonds. The molecule has 0 bridgehead atoms. The first-order valence-electron chi connectivity index (χ1n) is 20.7. The summed E-state index contributed by atoms with van der Waals surface area (Å²) in [6.07, 6.45) is 6.14. The summed E-state index contributed by atoms with van der Waals surface area (Å²) >= 11 is 1.84. The van der Waals surface area contributed by atoms with Crippen LogP contribution in [0.2, 0.25) is 0 Å². The maximum absolute atomic E-state index is 5.70. The van der Waals surface area contributed by atoms with Gasteiger partial charge in [0, 0.05) is 42.3 Å². The van der Waals surface area contributed by atoms with Crippen molar-refractivity contribution in [3.8, 4) is 45.0 Å². The van der Waals surface area contributed by atoms with E-state index in [2.05, 4.69) is 209 Å². The first kappa shape index (κ1) is 36.2. The largest absolute Gasteiger partial charge is 0.228 e. The van der Waals surface area contributed by atoms with Crippen LogP contribution in [0.4, 0.5) is 0 Å². The number of thiophene rings is 1. The van der Waals surface area contributed by atoms with E-state index in [9.17, 15) is 0 Å². The lowest BCUT2D eigenvalue weighted by atomic mass is 9.66. The number of aromatic nitrogens is 2. The summed E-state index contributed by atoms with van der Waals surface area (Å²) in [5, 5.41) is 2.52. The predicted octanol–water partition coefficient (Wildman–Crippen LogP) is 15.0. The van der Waals surface area contributed by atoms with Crippen molar-refractivity contribution in [3.05, 3.63) is 234 Å². The van der Waals surface area contributed by atoms with Gasteiger partial charge in [0.25, 0.3) is 0 Å². The molecule has 60 heavy (non-hydrogen) atoms. The minimum Gasteiger partial charge on any atom is -0.228 e. The summed E-state index contributed by atoms with van der Waals surface area (Å²) < 4.78 is 2.50. The molecule has 7 aromatic carbocycles. The molecule has 0 unspecified atom stereocenters. The van der Waals surface area contributed by atoms with Crippen LogP contribution in [0.1, 0.15) is 54.2 Å². The van der Waals surface area contributed by atoms with Gasteiger partial charge in [-0.2, -0.15) is 0 Å². The Balaban J connectivity index is 1.25. The molecule has 0 fully saturated rings. The zero-order valence-corrected chi connectivity index (χ0v) is 34.7. The van der Waals surface area contributed by atoms with Gasteiger partial charge < -0.3 is 0 Å². The van der Waals surface area contributed by atoms with Crippen LogP contribution in [0.3, 0.4) is 0 Å². The molecule has 0 spiro atoms. The molecule has 2 aromatic heterocycles. The Labute approximate surface area is 355 Å². The summed E-state index contributed by atoms with van der Waals surface area (Å²) in [5.74, 6) is 0.713. The Morgan fingerprint density at radius 3 is 1.88 bits per heavy atom. The van der Waals surface area contributed by atoms with Gasteiger partial charge in [-0.3, -0.25) is 0 Å². The molecule has 9 aromatic rings. The van der Waals surface area contributed by atoms with E-state index in [1.165, 1.54) is 75.8 Å². The smallest absolute Gasteiger partial charge is 0.160 e. The molecule has 2 aliphatic rings. The number of rotatable bonds is 7. The quantitative estimate of drug-likeness (QED) is 0.150. The van der Waals surface area contributed by atoms with E-state index in [0.717, 1.165) is 28.1 Å². The van der Waals surface area contributed by atoms with E-state index < -0.39 is 5.41 Å². The van der Waals surface area contributed by atoms with Crippen LogP contribution in [0.25, 0.3) is 70.8 Å². The van der Waals surface area contributed by atoms with E-state index in [4.69, 9.17) is 9.97 Å². The van der Waals surface area contributed by atoms with Gasteiger partial charge in [-0.1, -0.05) is 196 Å².